The molecule has 0 bridgehead atoms. The van der Waals surface area contributed by atoms with Crippen molar-refractivity contribution in [3.8, 4) is 50.2 Å². The largest absolute Gasteiger partial charge is 0.310 e. The molecule has 0 saturated heterocycles. The van der Waals surface area contributed by atoms with Crippen molar-refractivity contribution in [2.24, 2.45) is 10.8 Å². The van der Waals surface area contributed by atoms with Gasteiger partial charge in [0.05, 0.1) is 11.0 Å². The summed E-state index contributed by atoms with van der Waals surface area (Å²) in [6.07, 6.45) is 1.15. The van der Waals surface area contributed by atoms with E-state index in [1.807, 2.05) is 0 Å². The third-order valence-corrected chi connectivity index (χ3v) is 15.1. The van der Waals surface area contributed by atoms with Crippen molar-refractivity contribution in [3.63, 3.8) is 0 Å². The topological polar surface area (TPSA) is 8.17 Å². The molecule has 70 heavy (non-hydrogen) atoms. The Kier molecular flexibility index (Phi) is 11.1. The molecule has 10 aromatic rings. The van der Waals surface area contributed by atoms with Crippen molar-refractivity contribution in [2.75, 3.05) is 4.90 Å². The third-order valence-electron chi connectivity index (χ3n) is 15.1. The summed E-state index contributed by atoms with van der Waals surface area (Å²) in [4.78, 5) is 2.41. The fourth-order valence-electron chi connectivity index (χ4n) is 11.3. The molecule has 9 aromatic carbocycles. The molecule has 346 valence electrons. The van der Waals surface area contributed by atoms with Crippen LogP contribution >= 0.6 is 0 Å². The highest BCUT2D eigenvalue weighted by Crippen LogP contribution is 2.51. The first-order valence-corrected chi connectivity index (χ1v) is 25.2. The van der Waals surface area contributed by atoms with Crippen molar-refractivity contribution in [1.82, 2.24) is 4.57 Å². The van der Waals surface area contributed by atoms with Gasteiger partial charge in [-0.15, -0.1) is 0 Å². The fourth-order valence-corrected chi connectivity index (χ4v) is 11.3. The minimum absolute atomic E-state index is 0.108. The Hall–Kier alpha value is -7.42. The molecular weight excluding hydrogens is 845 g/mol. The Bertz CT molecular complexity index is 3520. The van der Waals surface area contributed by atoms with Gasteiger partial charge in [0.25, 0.3) is 0 Å². The minimum atomic E-state index is -0.108. The van der Waals surface area contributed by atoms with Gasteiger partial charge in [0, 0.05) is 38.9 Å². The average molecular weight is 909 g/mol. The van der Waals surface area contributed by atoms with Crippen LogP contribution in [0.1, 0.15) is 90.0 Å². The summed E-state index contributed by atoms with van der Waals surface area (Å²) < 4.78 is 2.43. The van der Waals surface area contributed by atoms with E-state index in [1.54, 1.807) is 0 Å². The zero-order valence-electron chi connectivity index (χ0n) is 42.3. The van der Waals surface area contributed by atoms with Gasteiger partial charge in [0.2, 0.25) is 0 Å². The van der Waals surface area contributed by atoms with E-state index in [0.29, 0.717) is 5.92 Å². The zero-order valence-corrected chi connectivity index (χ0v) is 42.3. The van der Waals surface area contributed by atoms with Gasteiger partial charge in [0.15, 0.2) is 0 Å². The lowest BCUT2D eigenvalue weighted by Crippen LogP contribution is -2.23. The fraction of sp³-hybridized carbons (Fsp3) is 0.206. The van der Waals surface area contributed by atoms with Gasteiger partial charge in [-0.25, -0.2) is 0 Å². The molecular formula is C68H64N2. The number of rotatable bonds is 9. The second kappa shape index (κ2) is 17.2. The summed E-state index contributed by atoms with van der Waals surface area (Å²) in [5.41, 5.74) is 22.6. The predicted molar refractivity (Wildman–Crippen MR) is 300 cm³/mol. The number of benzene rings is 9. The summed E-state index contributed by atoms with van der Waals surface area (Å²) in [5, 5.41) is 2.50. The normalized spacial score (nSPS) is 13.6. The molecule has 0 saturated carbocycles. The lowest BCUT2D eigenvalue weighted by molar-refractivity contribution is 0.229. The molecule has 2 heteroatoms. The van der Waals surface area contributed by atoms with Crippen LogP contribution < -0.4 is 4.90 Å². The highest BCUT2D eigenvalue weighted by Gasteiger charge is 2.36. The van der Waals surface area contributed by atoms with E-state index in [0.717, 1.165) is 23.5 Å². The average Bonchev–Trinajstić information content (AvgIpc) is 3.80. The smallest absolute Gasteiger partial charge is 0.0541 e. The Morgan fingerprint density at radius 3 is 1.47 bits per heavy atom. The number of aromatic nitrogens is 1. The SMILES string of the molecule is Cc1ccc(-n2c3ccc(-c4ccc(C(CC(C)(C)C)C(C)(C)C)cc4)cc3c3cc(-c4ccc(N(c5ccc(-c6ccccc6)cc5)c5ccc6c(c5)C(C)(C)c5ccccc5-6)cc4)ccc32)cc1. The molecule has 1 unspecified atom stereocenters. The highest BCUT2D eigenvalue weighted by atomic mass is 15.1. The number of hydrogen-bond acceptors (Lipinski definition) is 1. The second-order valence-electron chi connectivity index (χ2n) is 22.6. The lowest BCUT2D eigenvalue weighted by atomic mass is 9.69. The molecule has 11 rings (SSSR count). The van der Waals surface area contributed by atoms with Gasteiger partial charge in [-0.05, 0) is 164 Å². The van der Waals surface area contributed by atoms with Crippen LogP contribution in [0, 0.1) is 17.8 Å². The molecule has 0 radical (unpaired) electrons. The van der Waals surface area contributed by atoms with Crippen LogP contribution in [0.4, 0.5) is 17.1 Å². The first-order valence-electron chi connectivity index (χ1n) is 25.2. The lowest BCUT2D eigenvalue weighted by Gasteiger charge is -2.36. The van der Waals surface area contributed by atoms with Crippen LogP contribution in [0.25, 0.3) is 72.0 Å². The Morgan fingerprint density at radius 2 is 0.914 bits per heavy atom. The number of anilines is 3. The predicted octanol–water partition coefficient (Wildman–Crippen LogP) is 19.4. The summed E-state index contributed by atoms with van der Waals surface area (Å²) in [5.74, 6) is 0.475. The first kappa shape index (κ1) is 45.0. The van der Waals surface area contributed by atoms with Crippen molar-refractivity contribution in [1.29, 1.82) is 0 Å². The molecule has 1 heterocycles. The van der Waals surface area contributed by atoms with Crippen molar-refractivity contribution < 1.29 is 0 Å². The first-order chi connectivity index (χ1) is 33.6. The molecule has 1 atom stereocenters. The van der Waals surface area contributed by atoms with Crippen molar-refractivity contribution in [3.05, 3.63) is 229 Å². The highest BCUT2D eigenvalue weighted by molar-refractivity contribution is 6.11. The van der Waals surface area contributed by atoms with Gasteiger partial charge in [-0.2, -0.15) is 0 Å². The summed E-state index contributed by atoms with van der Waals surface area (Å²) >= 11 is 0. The van der Waals surface area contributed by atoms with E-state index < -0.39 is 0 Å². The van der Waals surface area contributed by atoms with Gasteiger partial charge < -0.3 is 9.47 Å². The molecule has 0 aliphatic heterocycles. The van der Waals surface area contributed by atoms with E-state index in [9.17, 15) is 0 Å². The van der Waals surface area contributed by atoms with Crippen LogP contribution in [0.5, 0.6) is 0 Å². The Morgan fingerprint density at radius 1 is 0.443 bits per heavy atom. The molecule has 0 fully saturated rings. The monoisotopic (exact) mass is 909 g/mol. The standard InChI is InChI=1S/C68H64N2/c1-45-19-31-55(32-20-45)70-64-39-29-51(48-21-23-50(24-22-48)63(67(5,6)7)44-66(2,3)4)41-59(64)60-42-52(30-40-65(60)70)49-27-35-54(36-28-49)69(53-33-25-47(26-34-53)46-15-11-10-12-16-46)56-37-38-58-57-17-13-14-18-61(57)68(8,9)62(58)43-56/h10-43,63H,44H2,1-9H3. The van der Waals surface area contributed by atoms with Gasteiger partial charge in [-0.3, -0.25) is 0 Å². The van der Waals surface area contributed by atoms with Crippen molar-refractivity contribution in [2.45, 2.75) is 80.1 Å². The third kappa shape index (κ3) is 8.24. The van der Waals surface area contributed by atoms with Crippen LogP contribution in [-0.4, -0.2) is 4.57 Å². The van der Waals surface area contributed by atoms with Gasteiger partial charge in [-0.1, -0.05) is 194 Å². The van der Waals surface area contributed by atoms with E-state index in [-0.39, 0.29) is 16.2 Å². The zero-order chi connectivity index (χ0) is 48.5. The second-order valence-corrected chi connectivity index (χ2v) is 22.6. The number of fused-ring (bicyclic) bond motifs is 6. The van der Waals surface area contributed by atoms with Crippen LogP contribution in [-0.2, 0) is 5.41 Å². The Labute approximate surface area is 415 Å². The maximum atomic E-state index is 2.43. The molecule has 0 N–H and O–H groups in total. The maximum Gasteiger partial charge on any atom is 0.0541 e. The minimum Gasteiger partial charge on any atom is -0.310 e. The molecule has 0 spiro atoms. The van der Waals surface area contributed by atoms with Gasteiger partial charge >= 0.3 is 0 Å². The number of aryl methyl sites for hydroxylation is 1. The quantitative estimate of drug-likeness (QED) is 0.140. The summed E-state index contributed by atoms with van der Waals surface area (Å²) in [7, 11) is 0. The summed E-state index contributed by atoms with van der Waals surface area (Å²) in [6.45, 7) is 21.1. The van der Waals surface area contributed by atoms with E-state index in [4.69, 9.17) is 0 Å². The maximum absolute atomic E-state index is 2.43. The molecule has 1 aliphatic rings. The molecule has 1 aromatic heterocycles. The molecule has 2 nitrogen and oxygen atoms in total. The molecule has 1 aliphatic carbocycles. The van der Waals surface area contributed by atoms with Crippen LogP contribution in [0.2, 0.25) is 0 Å². The van der Waals surface area contributed by atoms with Crippen molar-refractivity contribution >= 4 is 38.9 Å². The van der Waals surface area contributed by atoms with E-state index >= 15 is 0 Å². The molecule has 0 amide bonds. The van der Waals surface area contributed by atoms with Crippen LogP contribution in [0.3, 0.4) is 0 Å². The number of hydrogen-bond donors (Lipinski definition) is 0. The van der Waals surface area contributed by atoms with Crippen LogP contribution in [0.15, 0.2) is 206 Å². The summed E-state index contributed by atoms with van der Waals surface area (Å²) in [6, 6.07) is 77.2. The Balaban J connectivity index is 0.991. The number of nitrogens with zero attached hydrogens (tertiary/aromatic N) is 2. The van der Waals surface area contributed by atoms with E-state index in [2.05, 4.69) is 278 Å². The van der Waals surface area contributed by atoms with E-state index in [1.165, 1.54) is 94.3 Å². The van der Waals surface area contributed by atoms with Gasteiger partial charge in [0.1, 0.15) is 0 Å².